The van der Waals surface area contributed by atoms with Gasteiger partial charge in [0.25, 0.3) is 11.6 Å². The molecule has 2 aromatic heterocycles. The van der Waals surface area contributed by atoms with Crippen LogP contribution < -0.4 is 10.1 Å². The van der Waals surface area contributed by atoms with Gasteiger partial charge in [-0.1, -0.05) is 36.7 Å². The first kappa shape index (κ1) is 29.7. The van der Waals surface area contributed by atoms with Gasteiger partial charge >= 0.3 is 0 Å². The molecule has 10 heteroatoms. The molecular formula is C32H32BrN3O5S. The van der Waals surface area contributed by atoms with E-state index in [2.05, 4.69) is 42.0 Å². The van der Waals surface area contributed by atoms with Crippen molar-refractivity contribution in [2.45, 2.75) is 53.2 Å². The molecule has 2 aromatic carbocycles. The Morgan fingerprint density at radius 3 is 2.71 bits per heavy atom. The molecule has 1 N–H and O–H groups in total. The van der Waals surface area contributed by atoms with Crippen LogP contribution in [0.1, 0.15) is 64.9 Å². The molecule has 8 nitrogen and oxygen atoms in total. The van der Waals surface area contributed by atoms with E-state index in [1.54, 1.807) is 42.0 Å². The van der Waals surface area contributed by atoms with Crippen LogP contribution in [0.15, 0.2) is 74.7 Å². The highest BCUT2D eigenvalue weighted by atomic mass is 79.9. The van der Waals surface area contributed by atoms with Crippen LogP contribution in [0.5, 0.6) is 5.75 Å². The molecule has 4 aromatic rings. The summed E-state index contributed by atoms with van der Waals surface area (Å²) in [5, 5.41) is 14.7. The molecule has 0 bridgehead atoms. The Bertz CT molecular complexity index is 1600. The molecule has 42 heavy (non-hydrogen) atoms. The fourth-order valence-corrected chi connectivity index (χ4v) is 6.71. The number of carbonyl (C=O) groups excluding carboxylic acids is 1. The van der Waals surface area contributed by atoms with Gasteiger partial charge in [0.1, 0.15) is 23.1 Å². The van der Waals surface area contributed by atoms with Crippen molar-refractivity contribution >= 4 is 50.1 Å². The van der Waals surface area contributed by atoms with E-state index in [1.807, 2.05) is 24.3 Å². The number of aliphatic imine (C=N–C) groups is 1. The predicted molar refractivity (Wildman–Crippen MR) is 168 cm³/mol. The predicted octanol–water partition coefficient (Wildman–Crippen LogP) is 8.42. The molecule has 1 atom stereocenters. The van der Waals surface area contributed by atoms with Crippen molar-refractivity contribution in [1.82, 2.24) is 5.32 Å². The molecule has 2 heterocycles. The number of halogens is 1. The lowest BCUT2D eigenvalue weighted by molar-refractivity contribution is -0.384. The number of nitro benzene ring substituents is 1. The Balaban J connectivity index is 1.42. The summed E-state index contributed by atoms with van der Waals surface area (Å²) in [7, 11) is 0. The maximum atomic E-state index is 13.5. The molecule has 0 fully saturated rings. The number of hydrogen-bond acceptors (Lipinski definition) is 7. The zero-order chi connectivity index (χ0) is 29.9. The number of hydrogen-bond donors (Lipinski definition) is 1. The van der Waals surface area contributed by atoms with E-state index in [-0.39, 0.29) is 23.6 Å². The van der Waals surface area contributed by atoms with Crippen molar-refractivity contribution in [3.8, 4) is 5.75 Å². The highest BCUT2D eigenvalue weighted by Gasteiger charge is 2.33. The third kappa shape index (κ3) is 6.99. The number of fused-ring (bicyclic) bond motifs is 1. The molecular weight excluding hydrogens is 618 g/mol. The maximum Gasteiger partial charge on any atom is 0.269 e. The van der Waals surface area contributed by atoms with Gasteiger partial charge in [-0.2, -0.15) is 0 Å². The minimum atomic E-state index is -0.425. The largest absolute Gasteiger partial charge is 0.488 e. The summed E-state index contributed by atoms with van der Waals surface area (Å²) in [5.74, 6) is 1.67. The normalized spacial score (nSPS) is 15.0. The molecule has 1 amide bonds. The third-order valence-electron chi connectivity index (χ3n) is 7.54. The fourth-order valence-electron chi connectivity index (χ4n) is 5.06. The van der Waals surface area contributed by atoms with Gasteiger partial charge in [0, 0.05) is 33.3 Å². The number of carbonyl (C=O) groups is 1. The van der Waals surface area contributed by atoms with Gasteiger partial charge in [0.05, 0.1) is 23.3 Å². The SMILES string of the molecule is CC(C)(C)[C@@H]1CCc2c(sc(N=Cc3cc(Br)ccc3OCc3ccc([N+](=O)[O-])cc3)c2C(=O)NCc2ccco2)C1. The number of furan rings is 1. The summed E-state index contributed by atoms with van der Waals surface area (Å²) in [6.07, 6.45) is 6.12. The fraction of sp³-hybridized carbons (Fsp3) is 0.312. The number of amides is 1. The number of nitrogens with zero attached hydrogens (tertiary/aromatic N) is 2. The minimum Gasteiger partial charge on any atom is -0.488 e. The van der Waals surface area contributed by atoms with E-state index in [9.17, 15) is 14.9 Å². The summed E-state index contributed by atoms with van der Waals surface area (Å²) in [4.78, 5) is 30.2. The van der Waals surface area contributed by atoms with Gasteiger partial charge < -0.3 is 14.5 Å². The van der Waals surface area contributed by atoms with Crippen molar-refractivity contribution in [1.29, 1.82) is 0 Å². The number of nitrogens with one attached hydrogen (secondary N) is 1. The first-order chi connectivity index (χ1) is 20.1. The van der Waals surface area contributed by atoms with E-state index in [1.165, 1.54) is 17.0 Å². The molecule has 5 rings (SSSR count). The zero-order valence-corrected chi connectivity index (χ0v) is 26.1. The van der Waals surface area contributed by atoms with Crippen molar-refractivity contribution in [2.24, 2.45) is 16.3 Å². The van der Waals surface area contributed by atoms with Crippen LogP contribution >= 0.6 is 27.3 Å². The number of thiophene rings is 1. The second-order valence-corrected chi connectivity index (χ2v) is 13.4. The first-order valence-corrected chi connectivity index (χ1v) is 15.3. The topological polar surface area (TPSA) is 107 Å². The maximum absolute atomic E-state index is 13.5. The van der Waals surface area contributed by atoms with Crippen LogP contribution in [-0.4, -0.2) is 17.0 Å². The molecule has 1 aliphatic rings. The van der Waals surface area contributed by atoms with Crippen molar-refractivity contribution in [2.75, 3.05) is 0 Å². The molecule has 0 spiro atoms. The monoisotopic (exact) mass is 649 g/mol. The van der Waals surface area contributed by atoms with E-state index in [0.29, 0.717) is 34.5 Å². The summed E-state index contributed by atoms with van der Waals surface area (Å²) < 4.78 is 12.4. The zero-order valence-electron chi connectivity index (χ0n) is 23.7. The second kappa shape index (κ2) is 12.6. The Labute approximate surface area is 257 Å². The standard InChI is InChI=1S/C32H32BrN3O5S/c1-32(2,3)22-8-12-26-28(16-22)42-31(29(26)30(37)34-18-25-5-4-14-40-25)35-17-21-15-23(33)9-13-27(21)41-19-20-6-10-24(11-7-20)36(38)39/h4-7,9-11,13-15,17,22H,8,12,16,18-19H2,1-3H3,(H,34,37)/t22-/m1/s1. The van der Waals surface area contributed by atoms with Crippen LogP contribution in [0.4, 0.5) is 10.7 Å². The molecule has 0 unspecified atom stereocenters. The van der Waals surface area contributed by atoms with Gasteiger partial charge in [-0.15, -0.1) is 11.3 Å². The average molecular weight is 651 g/mol. The lowest BCUT2D eigenvalue weighted by Crippen LogP contribution is -2.28. The number of rotatable bonds is 9. The molecule has 218 valence electrons. The smallest absolute Gasteiger partial charge is 0.269 e. The molecule has 0 radical (unpaired) electrons. The van der Waals surface area contributed by atoms with Crippen LogP contribution in [0, 0.1) is 21.4 Å². The van der Waals surface area contributed by atoms with Crippen molar-refractivity contribution < 1.29 is 18.9 Å². The van der Waals surface area contributed by atoms with Gasteiger partial charge in [0.2, 0.25) is 0 Å². The lowest BCUT2D eigenvalue weighted by atomic mass is 9.72. The van der Waals surface area contributed by atoms with Crippen LogP contribution in [0.3, 0.4) is 0 Å². The molecule has 0 saturated heterocycles. The van der Waals surface area contributed by atoms with Crippen molar-refractivity contribution in [3.63, 3.8) is 0 Å². The summed E-state index contributed by atoms with van der Waals surface area (Å²) in [5.41, 5.74) is 3.49. The van der Waals surface area contributed by atoms with E-state index in [0.717, 1.165) is 40.4 Å². The second-order valence-electron chi connectivity index (χ2n) is 11.4. The van der Waals surface area contributed by atoms with Crippen LogP contribution in [-0.2, 0) is 26.0 Å². The first-order valence-electron chi connectivity index (χ1n) is 13.7. The summed E-state index contributed by atoms with van der Waals surface area (Å²) in [6.45, 7) is 7.37. The minimum absolute atomic E-state index is 0.0340. The quantitative estimate of drug-likeness (QED) is 0.111. The molecule has 1 aliphatic carbocycles. The van der Waals surface area contributed by atoms with Crippen LogP contribution in [0.2, 0.25) is 0 Å². The van der Waals surface area contributed by atoms with Gasteiger partial charge in [-0.05, 0) is 84.2 Å². The van der Waals surface area contributed by atoms with Gasteiger partial charge in [-0.25, -0.2) is 4.99 Å². The van der Waals surface area contributed by atoms with Crippen molar-refractivity contribution in [3.05, 3.63) is 108 Å². The van der Waals surface area contributed by atoms with E-state index >= 15 is 0 Å². The Morgan fingerprint density at radius 1 is 1.24 bits per heavy atom. The van der Waals surface area contributed by atoms with Gasteiger partial charge in [0.15, 0.2) is 0 Å². The molecule has 0 saturated carbocycles. The Morgan fingerprint density at radius 2 is 2.02 bits per heavy atom. The van der Waals surface area contributed by atoms with E-state index in [4.69, 9.17) is 14.1 Å². The number of ether oxygens (including phenoxy) is 1. The Kier molecular flexibility index (Phi) is 8.93. The summed E-state index contributed by atoms with van der Waals surface area (Å²) >= 11 is 5.12. The third-order valence-corrected chi connectivity index (χ3v) is 9.19. The number of nitro groups is 1. The van der Waals surface area contributed by atoms with Crippen LogP contribution in [0.25, 0.3) is 0 Å². The number of non-ortho nitro benzene ring substituents is 1. The van der Waals surface area contributed by atoms with Gasteiger partial charge in [-0.3, -0.25) is 14.9 Å². The average Bonchev–Trinajstić information content (AvgIpc) is 3.61. The van der Waals surface area contributed by atoms with E-state index < -0.39 is 4.92 Å². The highest BCUT2D eigenvalue weighted by molar-refractivity contribution is 9.10. The molecule has 0 aliphatic heterocycles. The Hall–Kier alpha value is -3.76. The highest BCUT2D eigenvalue weighted by Crippen LogP contribution is 2.45. The summed E-state index contributed by atoms with van der Waals surface area (Å²) in [6, 6.07) is 15.6. The lowest BCUT2D eigenvalue weighted by Gasteiger charge is -2.33. The number of benzene rings is 2.